The summed E-state index contributed by atoms with van der Waals surface area (Å²) >= 11 is 18.4. The van der Waals surface area contributed by atoms with Crippen LogP contribution in [0.2, 0.25) is 5.02 Å². The standard InChI is InChI=1S/C39H59Br3ClNO2/c1-5-9-13-14-15-16-17-18-19-20-21-27-39(25-10-6-2,26-11-7-3)33-32(37(45)31-29(43)23-22-24-30(31)44)38(46-28-12-8-4)36(42)35(41)34(33)40/h22-24H,5-21,25-28,44H2,1-4H3. The highest BCUT2D eigenvalue weighted by atomic mass is 79.9. The van der Waals surface area contributed by atoms with Gasteiger partial charge >= 0.3 is 0 Å². The Labute approximate surface area is 311 Å². The van der Waals surface area contributed by atoms with E-state index in [1.54, 1.807) is 18.2 Å². The van der Waals surface area contributed by atoms with Crippen LogP contribution >= 0.6 is 59.4 Å². The Bertz CT molecular complexity index is 1170. The van der Waals surface area contributed by atoms with Crippen LogP contribution in [0.5, 0.6) is 5.75 Å². The molecule has 0 saturated heterocycles. The Balaban J connectivity index is 2.59. The molecule has 0 spiro atoms. The summed E-state index contributed by atoms with van der Waals surface area (Å²) in [6, 6.07) is 5.30. The van der Waals surface area contributed by atoms with Gasteiger partial charge in [-0.15, -0.1) is 0 Å². The van der Waals surface area contributed by atoms with Crippen molar-refractivity contribution in [1.29, 1.82) is 0 Å². The normalized spacial score (nSPS) is 11.7. The van der Waals surface area contributed by atoms with Crippen molar-refractivity contribution in [3.63, 3.8) is 0 Å². The monoisotopic (exact) mass is 845 g/mol. The summed E-state index contributed by atoms with van der Waals surface area (Å²) in [6.07, 6.45) is 23.8. The molecular weight excluding hydrogens is 790 g/mol. The van der Waals surface area contributed by atoms with E-state index in [1.807, 2.05) is 0 Å². The molecule has 0 fully saturated rings. The van der Waals surface area contributed by atoms with Gasteiger partial charge in [0.1, 0.15) is 5.75 Å². The lowest BCUT2D eigenvalue weighted by atomic mass is 9.67. The van der Waals surface area contributed by atoms with Crippen LogP contribution in [0.25, 0.3) is 0 Å². The van der Waals surface area contributed by atoms with Crippen LogP contribution in [0.4, 0.5) is 5.69 Å². The van der Waals surface area contributed by atoms with E-state index in [1.165, 1.54) is 64.2 Å². The number of nitrogens with two attached hydrogens (primary N) is 1. The quantitative estimate of drug-likeness (QED) is 0.0469. The molecular formula is C39H59Br3ClNO2. The summed E-state index contributed by atoms with van der Waals surface area (Å²) in [5.74, 6) is 0.411. The second-order valence-corrected chi connectivity index (χ2v) is 15.8. The van der Waals surface area contributed by atoms with Gasteiger partial charge in [-0.2, -0.15) is 0 Å². The predicted octanol–water partition coefficient (Wildman–Crippen LogP) is 14.9. The first-order valence-electron chi connectivity index (χ1n) is 18.1. The Morgan fingerprint density at radius 3 is 1.70 bits per heavy atom. The summed E-state index contributed by atoms with van der Waals surface area (Å²) in [5, 5.41) is 0.365. The van der Waals surface area contributed by atoms with Gasteiger partial charge in [-0.3, -0.25) is 4.79 Å². The number of ketones is 1. The van der Waals surface area contributed by atoms with E-state index in [4.69, 9.17) is 22.1 Å². The highest BCUT2D eigenvalue weighted by Gasteiger charge is 2.40. The Morgan fingerprint density at radius 1 is 0.674 bits per heavy atom. The van der Waals surface area contributed by atoms with E-state index in [9.17, 15) is 4.79 Å². The van der Waals surface area contributed by atoms with Crippen LogP contribution in [0.3, 0.4) is 0 Å². The van der Waals surface area contributed by atoms with Crippen LogP contribution < -0.4 is 10.5 Å². The van der Waals surface area contributed by atoms with E-state index in [0.29, 0.717) is 34.2 Å². The van der Waals surface area contributed by atoms with Gasteiger partial charge in [0.15, 0.2) is 0 Å². The lowest BCUT2D eigenvalue weighted by Crippen LogP contribution is -2.31. The second-order valence-electron chi connectivity index (χ2n) is 13.0. The SMILES string of the molecule is CCCCCCCCCCCCCC(CCCC)(CCCC)c1c(Br)c(Br)c(Br)c(OCCCC)c1C(=O)c1c(N)cccc1Cl. The molecule has 0 saturated carbocycles. The molecule has 0 unspecified atom stereocenters. The number of hydrogen-bond donors (Lipinski definition) is 1. The maximum Gasteiger partial charge on any atom is 0.200 e. The number of anilines is 1. The number of rotatable bonds is 25. The Kier molecular flexibility index (Phi) is 20.8. The number of nitrogen functional groups attached to an aromatic ring is 1. The van der Waals surface area contributed by atoms with Crippen molar-refractivity contribution in [2.45, 2.75) is 162 Å². The zero-order valence-electron chi connectivity index (χ0n) is 29.0. The van der Waals surface area contributed by atoms with Crippen molar-refractivity contribution in [1.82, 2.24) is 0 Å². The first kappa shape index (κ1) is 41.6. The molecule has 2 aromatic carbocycles. The number of hydrogen-bond acceptors (Lipinski definition) is 3. The minimum atomic E-state index is -0.197. The summed E-state index contributed by atoms with van der Waals surface area (Å²) in [5.41, 5.74) is 8.63. The molecule has 0 aliphatic heterocycles. The van der Waals surface area contributed by atoms with Gasteiger partial charge in [-0.1, -0.05) is 148 Å². The fourth-order valence-electron chi connectivity index (χ4n) is 6.62. The van der Waals surface area contributed by atoms with Gasteiger partial charge in [0.05, 0.1) is 31.7 Å². The highest BCUT2D eigenvalue weighted by Crippen LogP contribution is 2.53. The molecule has 2 aromatic rings. The summed E-state index contributed by atoms with van der Waals surface area (Å²) < 4.78 is 9.06. The lowest BCUT2D eigenvalue weighted by molar-refractivity contribution is 0.103. The molecule has 2 rings (SSSR count). The van der Waals surface area contributed by atoms with Gasteiger partial charge in [-0.05, 0) is 96.6 Å². The zero-order chi connectivity index (χ0) is 34.0. The number of ether oxygens (including phenoxy) is 1. The third kappa shape index (κ3) is 12.1. The van der Waals surface area contributed by atoms with Crippen molar-refractivity contribution in [3.05, 3.63) is 53.3 Å². The molecule has 0 heterocycles. The molecule has 0 aromatic heterocycles. The van der Waals surface area contributed by atoms with Gasteiger partial charge in [0.2, 0.25) is 5.78 Å². The second kappa shape index (κ2) is 23.0. The van der Waals surface area contributed by atoms with Crippen molar-refractivity contribution >= 4 is 70.9 Å². The molecule has 7 heteroatoms. The molecule has 0 amide bonds. The zero-order valence-corrected chi connectivity index (χ0v) is 34.5. The van der Waals surface area contributed by atoms with Crippen LogP contribution in [0.15, 0.2) is 31.6 Å². The largest absolute Gasteiger partial charge is 0.492 e. The van der Waals surface area contributed by atoms with Crippen LogP contribution in [-0.2, 0) is 5.41 Å². The molecule has 0 aliphatic carbocycles. The van der Waals surface area contributed by atoms with Crippen molar-refractivity contribution in [2.75, 3.05) is 12.3 Å². The number of unbranched alkanes of at least 4 members (excludes halogenated alkanes) is 13. The van der Waals surface area contributed by atoms with E-state index in [2.05, 4.69) is 75.5 Å². The van der Waals surface area contributed by atoms with E-state index in [0.717, 1.165) is 83.2 Å². The maximum absolute atomic E-state index is 14.8. The molecule has 3 nitrogen and oxygen atoms in total. The molecule has 2 N–H and O–H groups in total. The van der Waals surface area contributed by atoms with E-state index >= 15 is 0 Å². The summed E-state index contributed by atoms with van der Waals surface area (Å²) in [7, 11) is 0. The lowest BCUT2D eigenvalue weighted by Gasteiger charge is -2.38. The minimum absolute atomic E-state index is 0.171. The average Bonchev–Trinajstić information content (AvgIpc) is 3.04. The van der Waals surface area contributed by atoms with Crippen LogP contribution in [0.1, 0.15) is 178 Å². The number of carbonyl (C=O) groups is 1. The number of benzene rings is 2. The van der Waals surface area contributed by atoms with Gasteiger partial charge < -0.3 is 10.5 Å². The maximum atomic E-state index is 14.8. The fraction of sp³-hybridized carbons (Fsp3) is 0.667. The molecule has 0 bridgehead atoms. The predicted molar refractivity (Wildman–Crippen MR) is 211 cm³/mol. The number of carbonyl (C=O) groups excluding carboxylic acids is 1. The van der Waals surface area contributed by atoms with Crippen molar-refractivity contribution < 1.29 is 9.53 Å². The Hall–Kier alpha value is -0.560. The molecule has 0 atom stereocenters. The third-order valence-electron chi connectivity index (χ3n) is 9.33. The van der Waals surface area contributed by atoms with Gasteiger partial charge in [0.25, 0.3) is 0 Å². The first-order valence-corrected chi connectivity index (χ1v) is 20.9. The fourth-order valence-corrected chi connectivity index (χ4v) is 8.86. The highest BCUT2D eigenvalue weighted by molar-refractivity contribution is 9.14. The van der Waals surface area contributed by atoms with Crippen LogP contribution in [0, 0.1) is 0 Å². The minimum Gasteiger partial charge on any atom is -0.492 e. The smallest absolute Gasteiger partial charge is 0.200 e. The van der Waals surface area contributed by atoms with Gasteiger partial charge in [0, 0.05) is 10.2 Å². The Morgan fingerprint density at radius 2 is 1.17 bits per heavy atom. The summed E-state index contributed by atoms with van der Waals surface area (Å²) in [6.45, 7) is 9.47. The van der Waals surface area contributed by atoms with Crippen LogP contribution in [-0.4, -0.2) is 12.4 Å². The molecule has 0 radical (unpaired) electrons. The van der Waals surface area contributed by atoms with Crippen molar-refractivity contribution in [2.24, 2.45) is 0 Å². The molecule has 260 valence electrons. The van der Waals surface area contributed by atoms with Crippen molar-refractivity contribution in [3.8, 4) is 5.75 Å². The average molecular weight is 849 g/mol. The topological polar surface area (TPSA) is 52.3 Å². The van der Waals surface area contributed by atoms with E-state index in [-0.39, 0.29) is 11.2 Å². The third-order valence-corrected chi connectivity index (χ3v) is 13.1. The molecule has 46 heavy (non-hydrogen) atoms. The van der Waals surface area contributed by atoms with E-state index < -0.39 is 0 Å². The first-order chi connectivity index (χ1) is 22.2. The molecule has 0 aliphatic rings. The summed E-state index contributed by atoms with van der Waals surface area (Å²) in [4.78, 5) is 14.8. The van der Waals surface area contributed by atoms with Gasteiger partial charge in [-0.25, -0.2) is 0 Å². The number of halogens is 4.